The van der Waals surface area contributed by atoms with Crippen LogP contribution >= 0.6 is 0 Å². The van der Waals surface area contributed by atoms with Crippen LogP contribution in [0.5, 0.6) is 0 Å². The summed E-state index contributed by atoms with van der Waals surface area (Å²) >= 11 is 0. The molecule has 158 valence electrons. The predicted octanol–water partition coefficient (Wildman–Crippen LogP) is 3.27. The fourth-order valence-electron chi connectivity index (χ4n) is 2.89. The van der Waals surface area contributed by atoms with Gasteiger partial charge in [0, 0.05) is 12.1 Å². The molecule has 0 aliphatic rings. The lowest BCUT2D eigenvalue weighted by molar-refractivity contribution is -0.120. The molecule has 2 atom stereocenters. The maximum absolute atomic E-state index is 12.7. The van der Waals surface area contributed by atoms with Crippen LogP contribution in [0.4, 0.5) is 0 Å². The van der Waals surface area contributed by atoms with Crippen LogP contribution in [0.3, 0.4) is 0 Å². The van der Waals surface area contributed by atoms with Crippen molar-refractivity contribution in [3.8, 4) is 11.4 Å². The molecule has 1 N–H and O–H groups in total. The number of hydrogen-bond donors (Lipinski definition) is 1. The van der Waals surface area contributed by atoms with Gasteiger partial charge in [-0.15, -0.1) is 0 Å². The van der Waals surface area contributed by atoms with Gasteiger partial charge in [-0.05, 0) is 25.3 Å². The summed E-state index contributed by atoms with van der Waals surface area (Å²) in [6.45, 7) is 5.65. The third kappa shape index (κ3) is 5.33. The molecule has 1 amide bonds. The summed E-state index contributed by atoms with van der Waals surface area (Å²) in [5, 5.41) is 5.34. The Bertz CT molecular complexity index is 1090. The topological polar surface area (TPSA) is 102 Å². The zero-order chi connectivity index (χ0) is 21.7. The van der Waals surface area contributed by atoms with Gasteiger partial charge in [0.1, 0.15) is 11.0 Å². The van der Waals surface area contributed by atoms with E-state index in [4.69, 9.17) is 4.52 Å². The van der Waals surface area contributed by atoms with Gasteiger partial charge in [0.15, 0.2) is 9.84 Å². The van der Waals surface area contributed by atoms with Gasteiger partial charge in [-0.2, -0.15) is 4.98 Å². The molecular formula is C22H25N3O4S. The van der Waals surface area contributed by atoms with Gasteiger partial charge in [0.05, 0.1) is 0 Å². The van der Waals surface area contributed by atoms with E-state index in [1.165, 1.54) is 6.92 Å². The highest BCUT2D eigenvalue weighted by Crippen LogP contribution is 2.19. The highest BCUT2D eigenvalue weighted by molar-refractivity contribution is 7.92. The van der Waals surface area contributed by atoms with Crippen LogP contribution < -0.4 is 5.32 Å². The first-order valence-electron chi connectivity index (χ1n) is 9.70. The average Bonchev–Trinajstić information content (AvgIpc) is 3.20. The highest BCUT2D eigenvalue weighted by Gasteiger charge is 2.30. The first-order valence-corrected chi connectivity index (χ1v) is 11.4. The Morgan fingerprint density at radius 1 is 1.07 bits per heavy atom. The molecule has 0 saturated heterocycles. The molecule has 0 spiro atoms. The molecule has 0 fully saturated rings. The molecule has 1 heterocycles. The minimum Gasteiger partial charge on any atom is -0.354 e. The quantitative estimate of drug-likeness (QED) is 0.592. The van der Waals surface area contributed by atoms with Crippen LogP contribution in [0.15, 0.2) is 59.1 Å². The number of carbonyl (C=O) groups is 1. The van der Waals surface area contributed by atoms with Crippen LogP contribution in [-0.4, -0.2) is 36.3 Å². The second-order valence-corrected chi connectivity index (χ2v) is 9.71. The van der Waals surface area contributed by atoms with Gasteiger partial charge >= 0.3 is 0 Å². The monoisotopic (exact) mass is 427 g/mol. The lowest BCUT2D eigenvalue weighted by atomic mass is 10.0. The number of nitrogens with one attached hydrogen (secondary N) is 1. The van der Waals surface area contributed by atoms with Crippen molar-refractivity contribution in [1.82, 2.24) is 15.5 Å². The Labute approximate surface area is 176 Å². The van der Waals surface area contributed by atoms with Gasteiger partial charge in [-0.3, -0.25) is 4.79 Å². The zero-order valence-corrected chi connectivity index (χ0v) is 18.0. The fraction of sp³-hybridized carbons (Fsp3) is 0.318. The first kappa shape index (κ1) is 21.7. The fourth-order valence-corrected chi connectivity index (χ4v) is 4.01. The maximum atomic E-state index is 12.7. The second-order valence-electron chi connectivity index (χ2n) is 7.38. The van der Waals surface area contributed by atoms with Gasteiger partial charge in [0.25, 0.3) is 0 Å². The zero-order valence-electron chi connectivity index (χ0n) is 17.2. The molecule has 30 heavy (non-hydrogen) atoms. The Kier molecular flexibility index (Phi) is 6.66. The summed E-state index contributed by atoms with van der Waals surface area (Å²) in [6, 6.07) is 17.2. The summed E-state index contributed by atoms with van der Waals surface area (Å²) in [6.07, 6.45) is 0. The number of amides is 1. The van der Waals surface area contributed by atoms with E-state index in [1.54, 1.807) is 0 Å². The van der Waals surface area contributed by atoms with Crippen molar-refractivity contribution in [1.29, 1.82) is 0 Å². The summed E-state index contributed by atoms with van der Waals surface area (Å²) in [5.41, 5.74) is 2.89. The van der Waals surface area contributed by atoms with Gasteiger partial charge in [-0.1, -0.05) is 72.2 Å². The molecule has 0 aliphatic heterocycles. The van der Waals surface area contributed by atoms with Crippen molar-refractivity contribution in [2.45, 2.75) is 37.7 Å². The van der Waals surface area contributed by atoms with Crippen molar-refractivity contribution in [2.24, 2.45) is 0 Å². The van der Waals surface area contributed by atoms with Crippen LogP contribution in [0.25, 0.3) is 11.4 Å². The van der Waals surface area contributed by atoms with Crippen molar-refractivity contribution < 1.29 is 17.7 Å². The van der Waals surface area contributed by atoms with E-state index in [-0.39, 0.29) is 11.8 Å². The summed E-state index contributed by atoms with van der Waals surface area (Å²) < 4.78 is 30.4. The van der Waals surface area contributed by atoms with Crippen LogP contribution in [0.2, 0.25) is 0 Å². The van der Waals surface area contributed by atoms with Crippen LogP contribution in [0.1, 0.15) is 36.8 Å². The number of hydrogen-bond acceptors (Lipinski definition) is 6. The van der Waals surface area contributed by atoms with Crippen LogP contribution in [-0.2, 0) is 20.4 Å². The normalized spacial score (nSPS) is 13.6. The number of aryl methyl sites for hydroxylation is 1. The number of carbonyl (C=O) groups excluding carboxylic acids is 1. The second kappa shape index (κ2) is 9.21. The largest absolute Gasteiger partial charge is 0.354 e. The minimum atomic E-state index is -3.81. The molecule has 7 nitrogen and oxygen atoms in total. The summed E-state index contributed by atoms with van der Waals surface area (Å²) in [7, 11) is -3.81. The molecular weight excluding hydrogens is 402 g/mol. The van der Waals surface area contributed by atoms with E-state index in [9.17, 15) is 13.2 Å². The Morgan fingerprint density at radius 2 is 1.73 bits per heavy atom. The molecule has 3 rings (SSSR count). The third-order valence-corrected chi connectivity index (χ3v) is 6.90. The summed E-state index contributed by atoms with van der Waals surface area (Å²) in [5.74, 6) is -0.694. The van der Waals surface area contributed by atoms with E-state index in [0.717, 1.165) is 16.7 Å². The molecule has 8 heteroatoms. The highest BCUT2D eigenvalue weighted by atomic mass is 32.2. The van der Waals surface area contributed by atoms with Crippen molar-refractivity contribution in [3.05, 3.63) is 71.6 Å². The smallest absolute Gasteiger partial charge is 0.242 e. The number of aromatic nitrogens is 2. The molecule has 1 aromatic heterocycles. The predicted molar refractivity (Wildman–Crippen MR) is 114 cm³/mol. The Balaban J connectivity index is 1.60. The molecule has 0 radical (unpaired) electrons. The first-order chi connectivity index (χ1) is 14.3. The van der Waals surface area contributed by atoms with Gasteiger partial charge in [-0.25, -0.2) is 8.42 Å². The molecule has 0 saturated carbocycles. The summed E-state index contributed by atoms with van der Waals surface area (Å²) in [4.78, 5) is 16.6. The third-order valence-electron chi connectivity index (χ3n) is 4.96. The van der Waals surface area contributed by atoms with Gasteiger partial charge < -0.3 is 9.84 Å². The molecule has 0 aliphatic carbocycles. The maximum Gasteiger partial charge on any atom is 0.242 e. The van der Waals surface area contributed by atoms with E-state index in [1.807, 2.05) is 68.4 Å². The minimum absolute atomic E-state index is 0.0390. The average molecular weight is 428 g/mol. The Morgan fingerprint density at radius 3 is 2.40 bits per heavy atom. The molecule has 3 aromatic rings. The van der Waals surface area contributed by atoms with E-state index < -0.39 is 26.7 Å². The SMILES string of the molecule is Cc1ccc(-c2noc(CS(=O)(=O)[C@@H](C)C(=O)NC[C@H](C)c3ccccc3)n2)cc1. The molecule has 2 aromatic carbocycles. The standard InChI is InChI=1S/C22H25N3O4S/c1-15-9-11-19(12-10-15)21-24-20(29-25-21)14-30(27,28)17(3)22(26)23-13-16(2)18-7-5-4-6-8-18/h4-12,16-17H,13-14H2,1-3H3,(H,23,26)/t16-,17-/m0/s1. The van der Waals surface area contributed by atoms with E-state index in [0.29, 0.717) is 12.4 Å². The molecule has 0 bridgehead atoms. The van der Waals surface area contributed by atoms with Crippen molar-refractivity contribution >= 4 is 15.7 Å². The van der Waals surface area contributed by atoms with Crippen molar-refractivity contribution in [2.75, 3.05) is 6.54 Å². The lowest BCUT2D eigenvalue weighted by Gasteiger charge is -2.16. The number of sulfone groups is 1. The van der Waals surface area contributed by atoms with E-state index >= 15 is 0 Å². The number of nitrogens with zero attached hydrogens (tertiary/aromatic N) is 2. The Hall–Kier alpha value is -3.00. The lowest BCUT2D eigenvalue weighted by Crippen LogP contribution is -2.40. The van der Waals surface area contributed by atoms with Crippen molar-refractivity contribution in [3.63, 3.8) is 0 Å². The number of benzene rings is 2. The van der Waals surface area contributed by atoms with Gasteiger partial charge in [0.2, 0.25) is 17.6 Å². The van der Waals surface area contributed by atoms with E-state index in [2.05, 4.69) is 15.5 Å². The molecule has 0 unspecified atom stereocenters. The van der Waals surface area contributed by atoms with Crippen LogP contribution in [0, 0.1) is 6.92 Å². The number of rotatable bonds is 8.